The molecule has 2 aliphatic heterocycles. The largest absolute Gasteiger partial charge is 0.501 e. The molecule has 0 bridgehead atoms. The zero-order chi connectivity index (χ0) is 12.3. The summed E-state index contributed by atoms with van der Waals surface area (Å²) in [6.45, 7) is 3.64. The Morgan fingerprint density at radius 1 is 1.53 bits per heavy atom. The number of rotatable bonds is 3. The third kappa shape index (κ3) is 2.80. The van der Waals surface area contributed by atoms with Gasteiger partial charge >= 0.3 is 0 Å². The molecule has 1 N–H and O–H groups in total. The number of carbonyl (C=O) groups is 1. The van der Waals surface area contributed by atoms with Gasteiger partial charge in [-0.1, -0.05) is 0 Å². The van der Waals surface area contributed by atoms with Gasteiger partial charge in [0.25, 0.3) is 0 Å². The molecule has 4 nitrogen and oxygen atoms in total. The van der Waals surface area contributed by atoms with E-state index in [1.165, 1.54) is 0 Å². The van der Waals surface area contributed by atoms with Crippen molar-refractivity contribution >= 4 is 5.91 Å². The first kappa shape index (κ1) is 12.4. The van der Waals surface area contributed by atoms with E-state index in [0.717, 1.165) is 25.8 Å². The lowest BCUT2D eigenvalue weighted by molar-refractivity contribution is -0.135. The van der Waals surface area contributed by atoms with Gasteiger partial charge in [0.1, 0.15) is 0 Å². The van der Waals surface area contributed by atoms with E-state index >= 15 is 0 Å². The maximum atomic E-state index is 12.4. The lowest BCUT2D eigenvalue weighted by Gasteiger charge is -2.31. The molecular weight excluding hydrogens is 216 g/mol. The lowest BCUT2D eigenvalue weighted by atomic mass is 10.1. The van der Waals surface area contributed by atoms with E-state index in [9.17, 15) is 4.79 Å². The van der Waals surface area contributed by atoms with E-state index in [1.807, 2.05) is 11.9 Å². The van der Waals surface area contributed by atoms with Gasteiger partial charge in [0, 0.05) is 18.5 Å². The van der Waals surface area contributed by atoms with Crippen molar-refractivity contribution in [3.05, 3.63) is 12.3 Å². The second-order valence-corrected chi connectivity index (χ2v) is 5.03. The SMILES string of the molecule is CNC1CCCC(C)N(CC2C=COC2)C1=O. The molecule has 0 aromatic heterocycles. The molecule has 0 aromatic carbocycles. The molecular formula is C13H22N2O2. The van der Waals surface area contributed by atoms with Crippen molar-refractivity contribution in [1.29, 1.82) is 0 Å². The number of hydrogen-bond acceptors (Lipinski definition) is 3. The van der Waals surface area contributed by atoms with Crippen LogP contribution in [0.15, 0.2) is 12.3 Å². The smallest absolute Gasteiger partial charge is 0.239 e. The Hall–Kier alpha value is -1.03. The standard InChI is InChI=1S/C13H22N2O2/c1-10-4-3-5-12(14-2)13(16)15(10)8-11-6-7-17-9-11/h6-7,10-12,14H,3-5,8-9H2,1-2H3. The molecule has 4 heteroatoms. The maximum Gasteiger partial charge on any atom is 0.239 e. The molecule has 17 heavy (non-hydrogen) atoms. The van der Waals surface area contributed by atoms with Crippen LogP contribution in [-0.2, 0) is 9.53 Å². The van der Waals surface area contributed by atoms with Gasteiger partial charge in [-0.15, -0.1) is 0 Å². The first-order valence-electron chi connectivity index (χ1n) is 6.48. The van der Waals surface area contributed by atoms with Crippen molar-refractivity contribution in [3.63, 3.8) is 0 Å². The van der Waals surface area contributed by atoms with Crippen LogP contribution in [0.4, 0.5) is 0 Å². The zero-order valence-electron chi connectivity index (χ0n) is 10.7. The van der Waals surface area contributed by atoms with Gasteiger partial charge < -0.3 is 15.0 Å². The van der Waals surface area contributed by atoms with Gasteiger partial charge in [-0.3, -0.25) is 4.79 Å². The number of nitrogens with zero attached hydrogens (tertiary/aromatic N) is 1. The Morgan fingerprint density at radius 2 is 2.35 bits per heavy atom. The fourth-order valence-corrected chi connectivity index (χ4v) is 2.62. The molecule has 0 saturated carbocycles. The molecule has 0 aromatic rings. The summed E-state index contributed by atoms with van der Waals surface area (Å²) in [7, 11) is 1.87. The van der Waals surface area contributed by atoms with Crippen LogP contribution in [0.2, 0.25) is 0 Å². The average Bonchev–Trinajstić information content (AvgIpc) is 2.79. The van der Waals surface area contributed by atoms with Crippen LogP contribution in [0.25, 0.3) is 0 Å². The highest BCUT2D eigenvalue weighted by Gasteiger charge is 2.31. The quantitative estimate of drug-likeness (QED) is 0.801. The molecule has 1 amide bonds. The monoisotopic (exact) mass is 238 g/mol. The van der Waals surface area contributed by atoms with Crippen molar-refractivity contribution in [1.82, 2.24) is 10.2 Å². The predicted octanol–water partition coefficient (Wildman–Crippen LogP) is 1.14. The highest BCUT2D eigenvalue weighted by atomic mass is 16.5. The molecule has 0 radical (unpaired) electrons. The minimum Gasteiger partial charge on any atom is -0.501 e. The van der Waals surface area contributed by atoms with Crippen LogP contribution in [0, 0.1) is 5.92 Å². The van der Waals surface area contributed by atoms with Gasteiger partial charge in [-0.2, -0.15) is 0 Å². The summed E-state index contributed by atoms with van der Waals surface area (Å²) in [6.07, 6.45) is 6.97. The Bertz CT molecular complexity index is 304. The molecule has 96 valence electrons. The number of likely N-dealkylation sites (tertiary alicyclic amines) is 1. The first-order chi connectivity index (χ1) is 8.22. The molecule has 1 fully saturated rings. The molecule has 3 atom stereocenters. The number of ether oxygens (including phenoxy) is 1. The van der Waals surface area contributed by atoms with E-state index in [2.05, 4.69) is 18.3 Å². The van der Waals surface area contributed by atoms with Crippen LogP contribution in [0.1, 0.15) is 26.2 Å². The topological polar surface area (TPSA) is 41.6 Å². The van der Waals surface area contributed by atoms with E-state index in [4.69, 9.17) is 4.74 Å². The van der Waals surface area contributed by atoms with E-state index < -0.39 is 0 Å². The van der Waals surface area contributed by atoms with Crippen molar-refractivity contribution < 1.29 is 9.53 Å². The summed E-state index contributed by atoms with van der Waals surface area (Å²) in [5.74, 6) is 0.606. The molecule has 2 rings (SSSR count). The number of nitrogens with one attached hydrogen (secondary N) is 1. The highest BCUT2D eigenvalue weighted by molar-refractivity contribution is 5.82. The molecule has 2 aliphatic rings. The van der Waals surface area contributed by atoms with Crippen LogP contribution >= 0.6 is 0 Å². The third-order valence-corrected chi connectivity index (χ3v) is 3.76. The van der Waals surface area contributed by atoms with Gasteiger partial charge in [-0.05, 0) is 39.3 Å². The second kappa shape index (κ2) is 5.54. The molecule has 1 saturated heterocycles. The van der Waals surface area contributed by atoms with E-state index in [-0.39, 0.29) is 11.9 Å². The van der Waals surface area contributed by atoms with E-state index in [1.54, 1.807) is 6.26 Å². The summed E-state index contributed by atoms with van der Waals surface area (Å²) < 4.78 is 5.22. The van der Waals surface area contributed by atoms with Crippen molar-refractivity contribution in [2.75, 3.05) is 20.2 Å². The number of hydrogen-bond donors (Lipinski definition) is 1. The Kier molecular flexibility index (Phi) is 4.05. The third-order valence-electron chi connectivity index (χ3n) is 3.76. The summed E-state index contributed by atoms with van der Waals surface area (Å²) in [5, 5.41) is 3.13. The Morgan fingerprint density at radius 3 is 3.00 bits per heavy atom. The Balaban J connectivity index is 2.04. The van der Waals surface area contributed by atoms with Crippen LogP contribution in [0.5, 0.6) is 0 Å². The summed E-state index contributed by atoms with van der Waals surface area (Å²) in [6, 6.07) is 0.334. The number of amides is 1. The predicted molar refractivity (Wildman–Crippen MR) is 66.5 cm³/mol. The van der Waals surface area contributed by atoms with Gasteiger partial charge in [0.2, 0.25) is 5.91 Å². The normalized spacial score (nSPS) is 33.6. The highest BCUT2D eigenvalue weighted by Crippen LogP contribution is 2.21. The number of carbonyl (C=O) groups excluding carboxylic acids is 1. The van der Waals surface area contributed by atoms with Crippen molar-refractivity contribution in [3.8, 4) is 0 Å². The van der Waals surface area contributed by atoms with Gasteiger partial charge in [0.05, 0.1) is 18.9 Å². The minimum atomic E-state index is -0.00810. The maximum absolute atomic E-state index is 12.4. The zero-order valence-corrected chi connectivity index (χ0v) is 10.7. The summed E-state index contributed by atoms with van der Waals surface area (Å²) in [5.41, 5.74) is 0. The molecule has 2 heterocycles. The molecule has 0 aliphatic carbocycles. The average molecular weight is 238 g/mol. The second-order valence-electron chi connectivity index (χ2n) is 5.03. The fraction of sp³-hybridized carbons (Fsp3) is 0.769. The first-order valence-corrected chi connectivity index (χ1v) is 6.48. The lowest BCUT2D eigenvalue weighted by Crippen LogP contribution is -2.48. The van der Waals surface area contributed by atoms with E-state index in [0.29, 0.717) is 18.6 Å². The van der Waals surface area contributed by atoms with Crippen molar-refractivity contribution in [2.24, 2.45) is 5.92 Å². The minimum absolute atomic E-state index is 0.00810. The molecule has 0 spiro atoms. The summed E-state index contributed by atoms with van der Waals surface area (Å²) in [4.78, 5) is 14.4. The van der Waals surface area contributed by atoms with Gasteiger partial charge in [0.15, 0.2) is 0 Å². The Labute approximate surface area is 103 Å². The molecule has 3 unspecified atom stereocenters. The fourth-order valence-electron chi connectivity index (χ4n) is 2.62. The van der Waals surface area contributed by atoms with Crippen molar-refractivity contribution in [2.45, 2.75) is 38.3 Å². The number of likely N-dealkylation sites (N-methyl/N-ethyl adjacent to an activating group) is 1. The van der Waals surface area contributed by atoms with Gasteiger partial charge in [-0.25, -0.2) is 0 Å². The van der Waals surface area contributed by atoms with Crippen LogP contribution in [-0.4, -0.2) is 43.1 Å². The summed E-state index contributed by atoms with van der Waals surface area (Å²) >= 11 is 0. The van der Waals surface area contributed by atoms with Crippen LogP contribution < -0.4 is 5.32 Å². The van der Waals surface area contributed by atoms with Crippen LogP contribution in [0.3, 0.4) is 0 Å².